The first-order valence-electron chi connectivity index (χ1n) is 8.02. The molecule has 2 aromatic rings. The Hall–Kier alpha value is -1.53. The molecule has 1 fully saturated rings. The number of aryl methyl sites for hydroxylation is 1. The van der Waals surface area contributed by atoms with Gasteiger partial charge in [-0.25, -0.2) is 0 Å². The molecule has 0 radical (unpaired) electrons. The molecule has 2 heterocycles. The molecule has 1 atom stereocenters. The lowest BCUT2D eigenvalue weighted by Crippen LogP contribution is -2.33. The van der Waals surface area contributed by atoms with Gasteiger partial charge in [-0.3, -0.25) is 0 Å². The number of nitrogens with zero attached hydrogens (tertiary/aromatic N) is 3. The minimum atomic E-state index is 0.308. The molecule has 0 saturated carbocycles. The van der Waals surface area contributed by atoms with E-state index in [1.165, 1.54) is 24.9 Å². The average Bonchev–Trinajstić information content (AvgIpc) is 3.00. The lowest BCUT2D eigenvalue weighted by molar-refractivity contribution is 0.224. The van der Waals surface area contributed by atoms with Crippen molar-refractivity contribution < 1.29 is 9.15 Å². The van der Waals surface area contributed by atoms with E-state index in [1.54, 1.807) is 11.8 Å². The Labute approximate surface area is 141 Å². The summed E-state index contributed by atoms with van der Waals surface area (Å²) < 4.78 is 11.3. The minimum absolute atomic E-state index is 0.308. The number of rotatable bonds is 6. The molecule has 124 valence electrons. The summed E-state index contributed by atoms with van der Waals surface area (Å²) in [6.07, 6.45) is 2.57. The normalized spacial score (nSPS) is 19.0. The topological polar surface area (TPSA) is 51.4 Å². The van der Waals surface area contributed by atoms with Crippen LogP contribution in [0.15, 0.2) is 33.9 Å². The van der Waals surface area contributed by atoms with Crippen molar-refractivity contribution in [1.82, 2.24) is 15.1 Å². The predicted octanol–water partition coefficient (Wildman–Crippen LogP) is 3.39. The number of aromatic nitrogens is 2. The third-order valence-corrected chi connectivity index (χ3v) is 5.05. The highest BCUT2D eigenvalue weighted by Crippen LogP contribution is 2.25. The van der Waals surface area contributed by atoms with E-state index in [4.69, 9.17) is 9.15 Å². The smallest absolute Gasteiger partial charge is 0.276 e. The maximum Gasteiger partial charge on any atom is 0.276 e. The predicted molar refractivity (Wildman–Crippen MR) is 90.8 cm³/mol. The van der Waals surface area contributed by atoms with Gasteiger partial charge in [0.25, 0.3) is 11.1 Å². The fraction of sp³-hybridized carbons (Fsp3) is 0.529. The first-order valence-corrected chi connectivity index (χ1v) is 9.01. The zero-order valence-corrected chi connectivity index (χ0v) is 14.5. The molecule has 1 aromatic carbocycles. The van der Waals surface area contributed by atoms with Crippen molar-refractivity contribution in [3.63, 3.8) is 0 Å². The molecule has 1 aliphatic rings. The van der Waals surface area contributed by atoms with Crippen molar-refractivity contribution in [2.75, 3.05) is 25.9 Å². The second-order valence-electron chi connectivity index (χ2n) is 6.14. The summed E-state index contributed by atoms with van der Waals surface area (Å²) in [6.45, 7) is 4.73. The molecule has 1 aromatic heterocycles. The number of thioether (sulfide) groups is 1. The number of ether oxygens (including phenoxy) is 1. The van der Waals surface area contributed by atoms with E-state index in [-0.39, 0.29) is 0 Å². The summed E-state index contributed by atoms with van der Waals surface area (Å²) in [4.78, 5) is 2.39. The Balaban J connectivity index is 1.45. The SMILES string of the molecule is Cc1ccc(OCc2nnc(SC[C@@H]3CCCN(C)C3)o2)cc1. The van der Waals surface area contributed by atoms with Crippen LogP contribution in [-0.4, -0.2) is 41.0 Å². The third-order valence-electron chi connectivity index (χ3n) is 4.00. The van der Waals surface area contributed by atoms with Gasteiger partial charge < -0.3 is 14.1 Å². The van der Waals surface area contributed by atoms with E-state index in [0.717, 1.165) is 18.0 Å². The van der Waals surface area contributed by atoms with Crippen LogP contribution in [0.3, 0.4) is 0 Å². The first-order chi connectivity index (χ1) is 11.2. The quantitative estimate of drug-likeness (QED) is 0.755. The van der Waals surface area contributed by atoms with E-state index >= 15 is 0 Å². The van der Waals surface area contributed by atoms with Crippen LogP contribution in [-0.2, 0) is 6.61 Å². The van der Waals surface area contributed by atoms with Gasteiger partial charge in [0.15, 0.2) is 6.61 Å². The van der Waals surface area contributed by atoms with Gasteiger partial charge in [-0.2, -0.15) is 0 Å². The van der Waals surface area contributed by atoms with Crippen LogP contribution in [0.2, 0.25) is 0 Å². The second kappa shape index (κ2) is 7.84. The maximum atomic E-state index is 5.66. The molecule has 0 unspecified atom stereocenters. The van der Waals surface area contributed by atoms with Crippen LogP contribution in [0.25, 0.3) is 0 Å². The highest BCUT2D eigenvalue weighted by atomic mass is 32.2. The maximum absolute atomic E-state index is 5.66. The molecular formula is C17H23N3O2S. The van der Waals surface area contributed by atoms with Crippen molar-refractivity contribution >= 4 is 11.8 Å². The van der Waals surface area contributed by atoms with Gasteiger partial charge in [-0.1, -0.05) is 29.5 Å². The Morgan fingerprint density at radius 3 is 2.91 bits per heavy atom. The van der Waals surface area contributed by atoms with E-state index in [2.05, 4.69) is 29.1 Å². The van der Waals surface area contributed by atoms with Gasteiger partial charge in [0, 0.05) is 12.3 Å². The summed E-state index contributed by atoms with van der Waals surface area (Å²) in [6, 6.07) is 7.93. The van der Waals surface area contributed by atoms with Crippen LogP contribution >= 0.6 is 11.8 Å². The molecule has 1 aliphatic heterocycles. The fourth-order valence-corrected chi connectivity index (χ4v) is 3.64. The van der Waals surface area contributed by atoms with Crippen molar-refractivity contribution in [1.29, 1.82) is 0 Å². The van der Waals surface area contributed by atoms with E-state index in [9.17, 15) is 0 Å². The summed E-state index contributed by atoms with van der Waals surface area (Å²) >= 11 is 1.65. The Bertz CT molecular complexity index is 615. The van der Waals surface area contributed by atoms with Crippen LogP contribution in [0, 0.1) is 12.8 Å². The summed E-state index contributed by atoms with van der Waals surface area (Å²) in [5.41, 5.74) is 1.21. The first kappa shape index (κ1) is 16.3. The van der Waals surface area contributed by atoms with Gasteiger partial charge in [-0.05, 0) is 51.4 Å². The van der Waals surface area contributed by atoms with Crippen LogP contribution in [0.1, 0.15) is 24.3 Å². The molecule has 23 heavy (non-hydrogen) atoms. The standard InChI is InChI=1S/C17H23N3O2S/c1-13-5-7-15(8-6-13)21-11-16-18-19-17(22-16)23-12-14-4-3-9-20(2)10-14/h5-8,14H,3-4,9-12H2,1-2H3/t14-/m1/s1. The second-order valence-corrected chi connectivity index (χ2v) is 7.12. The van der Waals surface area contributed by atoms with E-state index < -0.39 is 0 Å². The monoisotopic (exact) mass is 333 g/mol. The van der Waals surface area contributed by atoms with Crippen LogP contribution in [0.5, 0.6) is 5.75 Å². The van der Waals surface area contributed by atoms with Crippen molar-refractivity contribution in [2.24, 2.45) is 5.92 Å². The molecular weight excluding hydrogens is 310 g/mol. The van der Waals surface area contributed by atoms with Crippen molar-refractivity contribution in [2.45, 2.75) is 31.6 Å². The Morgan fingerprint density at radius 2 is 2.13 bits per heavy atom. The van der Waals surface area contributed by atoms with Crippen molar-refractivity contribution in [3.8, 4) is 5.75 Å². The highest BCUT2D eigenvalue weighted by molar-refractivity contribution is 7.99. The molecule has 3 rings (SSSR count). The van der Waals surface area contributed by atoms with E-state index in [1.807, 2.05) is 24.3 Å². The number of hydrogen-bond donors (Lipinski definition) is 0. The van der Waals surface area contributed by atoms with Crippen LogP contribution in [0.4, 0.5) is 0 Å². The fourth-order valence-electron chi connectivity index (χ4n) is 2.73. The number of benzene rings is 1. The third kappa shape index (κ3) is 4.97. The van der Waals surface area contributed by atoms with Gasteiger partial charge in [0.05, 0.1) is 0 Å². The molecule has 5 nitrogen and oxygen atoms in total. The van der Waals surface area contributed by atoms with Crippen LogP contribution < -0.4 is 4.74 Å². The zero-order valence-electron chi connectivity index (χ0n) is 13.7. The van der Waals surface area contributed by atoms with Gasteiger partial charge >= 0.3 is 0 Å². The molecule has 0 aliphatic carbocycles. The average molecular weight is 333 g/mol. The molecule has 1 saturated heterocycles. The molecule has 0 amide bonds. The molecule has 0 N–H and O–H groups in total. The lowest BCUT2D eigenvalue weighted by Gasteiger charge is -2.28. The summed E-state index contributed by atoms with van der Waals surface area (Å²) in [5.74, 6) is 3.07. The van der Waals surface area contributed by atoms with Gasteiger partial charge in [0.1, 0.15) is 5.75 Å². The molecule has 0 spiro atoms. The van der Waals surface area contributed by atoms with Gasteiger partial charge in [0.2, 0.25) is 0 Å². The number of piperidine rings is 1. The highest BCUT2D eigenvalue weighted by Gasteiger charge is 2.18. The summed E-state index contributed by atoms with van der Waals surface area (Å²) in [7, 11) is 2.18. The zero-order chi connectivity index (χ0) is 16.1. The number of hydrogen-bond acceptors (Lipinski definition) is 6. The van der Waals surface area contributed by atoms with Gasteiger partial charge in [-0.15, -0.1) is 10.2 Å². The Kier molecular flexibility index (Phi) is 5.56. The Morgan fingerprint density at radius 1 is 1.30 bits per heavy atom. The largest absolute Gasteiger partial charge is 0.484 e. The lowest BCUT2D eigenvalue weighted by atomic mass is 10.0. The number of likely N-dealkylation sites (tertiary alicyclic amines) is 1. The van der Waals surface area contributed by atoms with Crippen molar-refractivity contribution in [3.05, 3.63) is 35.7 Å². The van der Waals surface area contributed by atoms with E-state index in [0.29, 0.717) is 23.6 Å². The summed E-state index contributed by atoms with van der Waals surface area (Å²) in [5, 5.41) is 8.79. The molecule has 6 heteroatoms. The molecule has 0 bridgehead atoms. The minimum Gasteiger partial charge on any atom is -0.484 e.